The maximum atomic E-state index is 11.6. The van der Waals surface area contributed by atoms with Gasteiger partial charge < -0.3 is 15.8 Å². The summed E-state index contributed by atoms with van der Waals surface area (Å²) in [7, 11) is 0. The molecular weight excluding hydrogens is 212 g/mol. The Morgan fingerprint density at radius 2 is 2.25 bits per heavy atom. The van der Waals surface area contributed by atoms with Crippen LogP contribution in [-0.4, -0.2) is 41.7 Å². The Kier molecular flexibility index (Phi) is 3.48. The van der Waals surface area contributed by atoms with E-state index >= 15 is 0 Å². The van der Waals surface area contributed by atoms with Crippen molar-refractivity contribution in [1.29, 1.82) is 0 Å². The van der Waals surface area contributed by atoms with Crippen LogP contribution >= 0.6 is 0 Å². The lowest BCUT2D eigenvalue weighted by Crippen LogP contribution is -2.52. The summed E-state index contributed by atoms with van der Waals surface area (Å²) in [5.41, 5.74) is 5.11. The lowest BCUT2D eigenvalue weighted by atomic mass is 10.2. The molecule has 16 heavy (non-hydrogen) atoms. The number of rotatable bonds is 2. The fraction of sp³-hybridized carbons (Fsp3) is 0.667. The summed E-state index contributed by atoms with van der Waals surface area (Å²) in [5, 5.41) is 2.39. The number of carbonyl (C=O) groups is 2. The van der Waals surface area contributed by atoms with Crippen LogP contribution in [0.3, 0.4) is 0 Å². The Morgan fingerprint density at radius 3 is 2.75 bits per heavy atom. The molecule has 2 atom stereocenters. The molecule has 2 unspecified atom stereocenters. The summed E-state index contributed by atoms with van der Waals surface area (Å²) < 4.78 is 5.12. The second-order valence-corrected chi connectivity index (χ2v) is 4.37. The lowest BCUT2D eigenvalue weighted by molar-refractivity contribution is -0.110. The van der Waals surface area contributed by atoms with Crippen molar-refractivity contribution in [2.75, 3.05) is 0 Å². The number of nitrogens with one attached hydrogen (secondary N) is 1. The molecule has 0 fully saturated rings. The van der Waals surface area contributed by atoms with Crippen LogP contribution in [0.25, 0.3) is 0 Å². The van der Waals surface area contributed by atoms with Crippen molar-refractivity contribution in [3.8, 4) is 0 Å². The maximum absolute atomic E-state index is 11.6. The summed E-state index contributed by atoms with van der Waals surface area (Å²) in [4.78, 5) is 26.9. The standard InChI is InChI=1S/C9H16N4O3/c1-9(2,3)16-8(15)13-4-11-7(6(13)10)12-5-14/h4-7H,10H2,1-3H3,(H,12,14). The number of aliphatic imine (C=N–C) groups is 1. The van der Waals surface area contributed by atoms with Gasteiger partial charge in [0.15, 0.2) is 6.17 Å². The van der Waals surface area contributed by atoms with Crippen LogP contribution in [0.1, 0.15) is 20.8 Å². The van der Waals surface area contributed by atoms with Crippen LogP contribution in [0.15, 0.2) is 4.99 Å². The van der Waals surface area contributed by atoms with E-state index in [9.17, 15) is 9.59 Å². The van der Waals surface area contributed by atoms with E-state index in [0.717, 1.165) is 4.90 Å². The molecule has 7 heteroatoms. The van der Waals surface area contributed by atoms with E-state index in [1.807, 2.05) is 0 Å². The van der Waals surface area contributed by atoms with Gasteiger partial charge in [0.2, 0.25) is 6.41 Å². The van der Waals surface area contributed by atoms with Crippen LogP contribution in [-0.2, 0) is 9.53 Å². The molecule has 0 aliphatic carbocycles. The van der Waals surface area contributed by atoms with Crippen LogP contribution in [0.2, 0.25) is 0 Å². The highest BCUT2D eigenvalue weighted by Gasteiger charge is 2.33. The van der Waals surface area contributed by atoms with Gasteiger partial charge in [-0.25, -0.2) is 14.7 Å². The number of nitrogens with zero attached hydrogens (tertiary/aromatic N) is 2. The molecule has 0 aromatic rings. The van der Waals surface area contributed by atoms with Gasteiger partial charge in [-0.15, -0.1) is 0 Å². The Balaban J connectivity index is 2.60. The van der Waals surface area contributed by atoms with E-state index < -0.39 is 24.0 Å². The third-order valence-electron chi connectivity index (χ3n) is 1.84. The molecule has 0 spiro atoms. The van der Waals surface area contributed by atoms with Crippen molar-refractivity contribution in [2.45, 2.75) is 38.7 Å². The van der Waals surface area contributed by atoms with Gasteiger partial charge in [0.05, 0.1) is 6.34 Å². The lowest BCUT2D eigenvalue weighted by Gasteiger charge is -2.26. The largest absolute Gasteiger partial charge is 0.443 e. The number of nitrogens with two attached hydrogens (primary N) is 1. The molecule has 0 bridgehead atoms. The van der Waals surface area contributed by atoms with E-state index in [1.165, 1.54) is 6.34 Å². The Hall–Kier alpha value is -1.63. The molecule has 0 radical (unpaired) electrons. The zero-order valence-electron chi connectivity index (χ0n) is 9.51. The maximum Gasteiger partial charge on any atom is 0.417 e. The van der Waals surface area contributed by atoms with Crippen LogP contribution < -0.4 is 11.1 Å². The molecule has 1 aliphatic rings. The van der Waals surface area contributed by atoms with Crippen LogP contribution in [0, 0.1) is 0 Å². The first-order valence-corrected chi connectivity index (χ1v) is 4.85. The van der Waals surface area contributed by atoms with E-state index in [0.29, 0.717) is 6.41 Å². The normalized spacial score (nSPS) is 24.4. The topological polar surface area (TPSA) is 97.0 Å². The highest BCUT2D eigenvalue weighted by molar-refractivity contribution is 5.84. The van der Waals surface area contributed by atoms with Crippen molar-refractivity contribution < 1.29 is 14.3 Å². The Labute approximate surface area is 93.6 Å². The van der Waals surface area contributed by atoms with Gasteiger partial charge in [0.1, 0.15) is 11.8 Å². The summed E-state index contributed by atoms with van der Waals surface area (Å²) >= 11 is 0. The van der Waals surface area contributed by atoms with Crippen LogP contribution in [0.5, 0.6) is 0 Å². The minimum Gasteiger partial charge on any atom is -0.443 e. The average Bonchev–Trinajstić information content (AvgIpc) is 2.46. The first-order chi connectivity index (χ1) is 7.35. The summed E-state index contributed by atoms with van der Waals surface area (Å²) in [6.07, 6.45) is -0.190. The summed E-state index contributed by atoms with van der Waals surface area (Å²) in [5.74, 6) is 0. The van der Waals surface area contributed by atoms with Gasteiger partial charge in [0.25, 0.3) is 0 Å². The van der Waals surface area contributed by atoms with Gasteiger partial charge in [-0.05, 0) is 20.8 Å². The molecule has 0 aromatic heterocycles. The van der Waals surface area contributed by atoms with Gasteiger partial charge in [-0.1, -0.05) is 0 Å². The zero-order valence-corrected chi connectivity index (χ0v) is 9.51. The van der Waals surface area contributed by atoms with Crippen LogP contribution in [0.4, 0.5) is 4.79 Å². The van der Waals surface area contributed by atoms with Crippen molar-refractivity contribution in [3.05, 3.63) is 0 Å². The number of carbonyl (C=O) groups excluding carboxylic acids is 2. The van der Waals surface area contributed by atoms with Gasteiger partial charge in [-0.3, -0.25) is 4.79 Å². The van der Waals surface area contributed by atoms with E-state index in [4.69, 9.17) is 10.5 Å². The van der Waals surface area contributed by atoms with Crippen molar-refractivity contribution in [3.63, 3.8) is 0 Å². The number of hydrogen-bond acceptors (Lipinski definition) is 5. The molecule has 0 saturated carbocycles. The summed E-state index contributed by atoms with van der Waals surface area (Å²) in [6.45, 7) is 5.26. The first kappa shape index (κ1) is 12.4. The number of hydrogen-bond donors (Lipinski definition) is 2. The molecule has 0 aromatic carbocycles. The molecule has 1 aliphatic heterocycles. The molecule has 1 heterocycles. The predicted octanol–water partition coefficient (Wildman–Crippen LogP) is -0.378. The Bertz CT molecular complexity index is 310. The fourth-order valence-electron chi connectivity index (χ4n) is 1.16. The molecule has 1 rings (SSSR count). The van der Waals surface area contributed by atoms with Gasteiger partial charge in [0, 0.05) is 0 Å². The molecule has 0 saturated heterocycles. The van der Waals surface area contributed by atoms with E-state index in [1.54, 1.807) is 20.8 Å². The van der Waals surface area contributed by atoms with E-state index in [-0.39, 0.29) is 0 Å². The third kappa shape index (κ3) is 2.93. The zero-order chi connectivity index (χ0) is 12.3. The summed E-state index contributed by atoms with van der Waals surface area (Å²) in [6, 6.07) is 0. The van der Waals surface area contributed by atoms with Crippen molar-refractivity contribution >= 4 is 18.8 Å². The molecule has 90 valence electrons. The minimum absolute atomic E-state index is 0.487. The Morgan fingerprint density at radius 1 is 1.62 bits per heavy atom. The highest BCUT2D eigenvalue weighted by atomic mass is 16.6. The van der Waals surface area contributed by atoms with Crippen molar-refractivity contribution in [2.24, 2.45) is 10.7 Å². The monoisotopic (exact) mass is 228 g/mol. The first-order valence-electron chi connectivity index (χ1n) is 4.85. The van der Waals surface area contributed by atoms with Gasteiger partial charge >= 0.3 is 6.09 Å². The third-order valence-corrected chi connectivity index (χ3v) is 1.84. The second kappa shape index (κ2) is 4.48. The second-order valence-electron chi connectivity index (χ2n) is 4.37. The molecule has 7 nitrogen and oxygen atoms in total. The van der Waals surface area contributed by atoms with E-state index in [2.05, 4.69) is 10.3 Å². The minimum atomic E-state index is -0.736. The molecular formula is C9H16N4O3. The molecule has 3 N–H and O–H groups in total. The quantitative estimate of drug-likeness (QED) is 0.630. The predicted molar refractivity (Wildman–Crippen MR) is 57.5 cm³/mol. The smallest absolute Gasteiger partial charge is 0.417 e. The fourth-order valence-corrected chi connectivity index (χ4v) is 1.16. The van der Waals surface area contributed by atoms with Crippen molar-refractivity contribution in [1.82, 2.24) is 10.2 Å². The highest BCUT2D eigenvalue weighted by Crippen LogP contribution is 2.13. The molecule has 2 amide bonds. The SMILES string of the molecule is CC(C)(C)OC(=O)N1C=NC(NC=O)C1N. The number of amides is 2. The average molecular weight is 228 g/mol. The van der Waals surface area contributed by atoms with Gasteiger partial charge in [-0.2, -0.15) is 0 Å². The number of ether oxygens (including phenoxy) is 1.